The number of rotatable bonds is 8. The zero-order chi connectivity index (χ0) is 17.4. The Morgan fingerprint density at radius 3 is 2.29 bits per heavy atom. The molecule has 1 aromatic heterocycles. The minimum Gasteiger partial charge on any atom is -0.372 e. The topological polar surface area (TPSA) is 57.3 Å². The number of aromatic nitrogens is 1. The number of hydrogen-bond donors (Lipinski definition) is 2. The van der Waals surface area contributed by atoms with E-state index in [1.54, 1.807) is 12.3 Å². The maximum absolute atomic E-state index is 11.9. The molecule has 1 aromatic carbocycles. The standard InChI is InChI=1S/C19H26N4O/c1-4-13-20-19(24)15-7-12-18(21-14-15)22-16-8-10-17(11-9-16)23(5-2)6-3/h7-12,14H,4-6,13H2,1-3H3,(H,20,24)(H,21,22). The van der Waals surface area contributed by atoms with Crippen LogP contribution in [0.25, 0.3) is 0 Å². The van der Waals surface area contributed by atoms with Crippen molar-refractivity contribution in [3.05, 3.63) is 48.2 Å². The van der Waals surface area contributed by atoms with Crippen LogP contribution in [0.5, 0.6) is 0 Å². The van der Waals surface area contributed by atoms with E-state index in [2.05, 4.69) is 46.5 Å². The molecular formula is C19H26N4O. The van der Waals surface area contributed by atoms with Gasteiger partial charge < -0.3 is 15.5 Å². The number of carbonyl (C=O) groups is 1. The van der Waals surface area contributed by atoms with Gasteiger partial charge in [0.15, 0.2) is 0 Å². The van der Waals surface area contributed by atoms with E-state index in [1.165, 1.54) is 5.69 Å². The van der Waals surface area contributed by atoms with Gasteiger partial charge in [-0.05, 0) is 56.7 Å². The number of pyridine rings is 1. The monoisotopic (exact) mass is 326 g/mol. The summed E-state index contributed by atoms with van der Waals surface area (Å²) in [4.78, 5) is 18.5. The maximum atomic E-state index is 11.9. The van der Waals surface area contributed by atoms with Gasteiger partial charge in [0.1, 0.15) is 5.82 Å². The highest BCUT2D eigenvalue weighted by molar-refractivity contribution is 5.94. The Hall–Kier alpha value is -2.56. The van der Waals surface area contributed by atoms with Crippen molar-refractivity contribution >= 4 is 23.1 Å². The van der Waals surface area contributed by atoms with Gasteiger partial charge in [0.2, 0.25) is 0 Å². The smallest absolute Gasteiger partial charge is 0.252 e. The molecule has 0 aliphatic rings. The molecule has 0 aliphatic heterocycles. The molecule has 0 saturated carbocycles. The van der Waals surface area contributed by atoms with Crippen LogP contribution >= 0.6 is 0 Å². The first-order valence-corrected chi connectivity index (χ1v) is 8.54. The molecule has 2 N–H and O–H groups in total. The van der Waals surface area contributed by atoms with Crippen LogP contribution in [0.1, 0.15) is 37.6 Å². The number of nitrogens with one attached hydrogen (secondary N) is 2. The van der Waals surface area contributed by atoms with Crippen molar-refractivity contribution in [2.45, 2.75) is 27.2 Å². The summed E-state index contributed by atoms with van der Waals surface area (Å²) in [5, 5.41) is 6.10. The van der Waals surface area contributed by atoms with Crippen molar-refractivity contribution in [3.63, 3.8) is 0 Å². The van der Waals surface area contributed by atoms with E-state index in [9.17, 15) is 4.79 Å². The molecule has 0 saturated heterocycles. The van der Waals surface area contributed by atoms with E-state index in [0.29, 0.717) is 12.1 Å². The van der Waals surface area contributed by atoms with Crippen LogP contribution < -0.4 is 15.5 Å². The lowest BCUT2D eigenvalue weighted by Crippen LogP contribution is -2.24. The summed E-state index contributed by atoms with van der Waals surface area (Å²) in [6.07, 6.45) is 2.51. The molecule has 0 spiro atoms. The Labute approximate surface area is 144 Å². The first-order chi connectivity index (χ1) is 11.7. The molecule has 0 radical (unpaired) electrons. The largest absolute Gasteiger partial charge is 0.372 e. The van der Waals surface area contributed by atoms with E-state index in [4.69, 9.17) is 0 Å². The van der Waals surface area contributed by atoms with Crippen molar-refractivity contribution in [2.75, 3.05) is 29.9 Å². The molecule has 0 bridgehead atoms. The summed E-state index contributed by atoms with van der Waals surface area (Å²) in [5.74, 6) is 0.636. The molecule has 0 atom stereocenters. The van der Waals surface area contributed by atoms with Gasteiger partial charge in [-0.1, -0.05) is 6.92 Å². The number of nitrogens with zero attached hydrogens (tertiary/aromatic N) is 2. The van der Waals surface area contributed by atoms with Crippen LogP contribution in [0.3, 0.4) is 0 Å². The van der Waals surface area contributed by atoms with E-state index in [1.807, 2.05) is 25.1 Å². The van der Waals surface area contributed by atoms with E-state index in [-0.39, 0.29) is 5.91 Å². The Kier molecular flexibility index (Phi) is 6.61. The molecular weight excluding hydrogens is 300 g/mol. The molecule has 5 nitrogen and oxygen atoms in total. The lowest BCUT2D eigenvalue weighted by Gasteiger charge is -2.21. The van der Waals surface area contributed by atoms with E-state index in [0.717, 1.165) is 31.0 Å². The van der Waals surface area contributed by atoms with Crippen LogP contribution in [0.2, 0.25) is 0 Å². The third kappa shape index (κ3) is 4.72. The molecule has 5 heteroatoms. The molecule has 2 rings (SSSR count). The van der Waals surface area contributed by atoms with Gasteiger partial charge in [0.25, 0.3) is 5.91 Å². The van der Waals surface area contributed by atoms with Crippen molar-refractivity contribution in [1.82, 2.24) is 10.3 Å². The van der Waals surface area contributed by atoms with Crippen molar-refractivity contribution in [2.24, 2.45) is 0 Å². The maximum Gasteiger partial charge on any atom is 0.252 e. The highest BCUT2D eigenvalue weighted by Gasteiger charge is 2.06. The second-order valence-electron chi connectivity index (χ2n) is 5.53. The van der Waals surface area contributed by atoms with Gasteiger partial charge in [0.05, 0.1) is 5.56 Å². The molecule has 2 aromatic rings. The Morgan fingerprint density at radius 1 is 1.04 bits per heavy atom. The fourth-order valence-corrected chi connectivity index (χ4v) is 2.43. The average molecular weight is 326 g/mol. The number of hydrogen-bond acceptors (Lipinski definition) is 4. The first kappa shape index (κ1) is 17.8. The Bertz CT molecular complexity index is 633. The molecule has 24 heavy (non-hydrogen) atoms. The minimum absolute atomic E-state index is 0.0838. The van der Waals surface area contributed by atoms with E-state index >= 15 is 0 Å². The lowest BCUT2D eigenvalue weighted by atomic mass is 10.2. The van der Waals surface area contributed by atoms with Crippen LogP contribution in [-0.2, 0) is 0 Å². The van der Waals surface area contributed by atoms with Crippen molar-refractivity contribution in [1.29, 1.82) is 0 Å². The summed E-state index contributed by atoms with van der Waals surface area (Å²) < 4.78 is 0. The average Bonchev–Trinajstić information content (AvgIpc) is 2.62. The summed E-state index contributed by atoms with van der Waals surface area (Å²) in [7, 11) is 0. The summed E-state index contributed by atoms with van der Waals surface area (Å²) in [6.45, 7) is 8.99. The molecule has 0 fully saturated rings. The van der Waals surface area contributed by atoms with Crippen LogP contribution in [-0.4, -0.2) is 30.5 Å². The molecule has 128 valence electrons. The number of amides is 1. The Morgan fingerprint density at radius 2 is 1.75 bits per heavy atom. The zero-order valence-electron chi connectivity index (χ0n) is 14.7. The van der Waals surface area contributed by atoms with Gasteiger partial charge in [-0.15, -0.1) is 0 Å². The summed E-state index contributed by atoms with van der Waals surface area (Å²) >= 11 is 0. The predicted molar refractivity (Wildman–Crippen MR) is 100 cm³/mol. The summed E-state index contributed by atoms with van der Waals surface area (Å²) in [6, 6.07) is 11.9. The summed E-state index contributed by atoms with van der Waals surface area (Å²) in [5.41, 5.74) is 2.76. The number of carbonyl (C=O) groups excluding carboxylic acids is 1. The number of anilines is 3. The fraction of sp³-hybridized carbons (Fsp3) is 0.368. The molecule has 0 unspecified atom stereocenters. The SMILES string of the molecule is CCCNC(=O)c1ccc(Nc2ccc(N(CC)CC)cc2)nc1. The van der Waals surface area contributed by atoms with Gasteiger partial charge in [-0.2, -0.15) is 0 Å². The highest BCUT2D eigenvalue weighted by atomic mass is 16.1. The van der Waals surface area contributed by atoms with Gasteiger partial charge >= 0.3 is 0 Å². The normalized spacial score (nSPS) is 10.3. The molecule has 1 heterocycles. The third-order valence-electron chi connectivity index (χ3n) is 3.83. The van der Waals surface area contributed by atoms with Crippen LogP contribution in [0.4, 0.5) is 17.2 Å². The van der Waals surface area contributed by atoms with Crippen molar-refractivity contribution < 1.29 is 4.79 Å². The quantitative estimate of drug-likeness (QED) is 0.774. The molecule has 0 aliphatic carbocycles. The van der Waals surface area contributed by atoms with E-state index < -0.39 is 0 Å². The predicted octanol–water partition coefficient (Wildman–Crippen LogP) is 3.81. The second-order valence-corrected chi connectivity index (χ2v) is 5.53. The van der Waals surface area contributed by atoms with Crippen LogP contribution in [0.15, 0.2) is 42.6 Å². The zero-order valence-corrected chi connectivity index (χ0v) is 14.7. The van der Waals surface area contributed by atoms with Crippen molar-refractivity contribution in [3.8, 4) is 0 Å². The second kappa shape index (κ2) is 8.91. The van der Waals surface area contributed by atoms with Gasteiger partial charge in [-0.3, -0.25) is 4.79 Å². The fourth-order valence-electron chi connectivity index (χ4n) is 2.43. The Balaban J connectivity index is 1.99. The van der Waals surface area contributed by atoms with Crippen LogP contribution in [0, 0.1) is 0 Å². The third-order valence-corrected chi connectivity index (χ3v) is 3.83. The molecule has 1 amide bonds. The first-order valence-electron chi connectivity index (χ1n) is 8.54. The number of benzene rings is 1. The lowest BCUT2D eigenvalue weighted by molar-refractivity contribution is 0.0953. The van der Waals surface area contributed by atoms with Gasteiger partial charge in [-0.25, -0.2) is 4.98 Å². The van der Waals surface area contributed by atoms with Gasteiger partial charge in [0, 0.05) is 37.2 Å². The minimum atomic E-state index is -0.0838. The highest BCUT2D eigenvalue weighted by Crippen LogP contribution is 2.20.